The topological polar surface area (TPSA) is 74.9 Å². The minimum atomic E-state index is -0.389. The molecule has 1 amide bonds. The summed E-state index contributed by atoms with van der Waals surface area (Å²) < 4.78 is 10.7. The minimum Gasteiger partial charge on any atom is -0.493 e. The summed E-state index contributed by atoms with van der Waals surface area (Å²) in [6, 6.07) is 22.7. The molecule has 1 heterocycles. The van der Waals surface area contributed by atoms with Gasteiger partial charge in [0.25, 0.3) is 5.91 Å². The monoisotopic (exact) mass is 423 g/mol. The molecule has 0 N–H and O–H groups in total. The molecule has 3 aromatic carbocycles. The summed E-state index contributed by atoms with van der Waals surface area (Å²) in [5.41, 5.74) is 4.16. The lowest BCUT2D eigenvalue weighted by atomic mass is 10.1. The zero-order valence-electron chi connectivity index (χ0n) is 17.8. The maximum atomic E-state index is 12.8. The average molecular weight is 423 g/mol. The molecule has 4 rings (SSSR count). The number of amides is 1. The van der Waals surface area contributed by atoms with Gasteiger partial charge >= 0.3 is 0 Å². The van der Waals surface area contributed by atoms with Crippen LogP contribution in [0.4, 0.5) is 5.69 Å². The van der Waals surface area contributed by atoms with Gasteiger partial charge in [0.2, 0.25) is 0 Å². The number of anilines is 1. The number of aliphatic imine (C=N–C) groups is 1. The first-order valence-corrected chi connectivity index (χ1v) is 10.0. The van der Waals surface area contributed by atoms with E-state index in [0.717, 1.165) is 22.4 Å². The van der Waals surface area contributed by atoms with E-state index in [2.05, 4.69) is 11.1 Å². The molecular weight excluding hydrogens is 402 g/mol. The van der Waals surface area contributed by atoms with Gasteiger partial charge in [-0.15, -0.1) is 0 Å². The van der Waals surface area contributed by atoms with Crippen LogP contribution >= 0.6 is 0 Å². The van der Waals surface area contributed by atoms with Gasteiger partial charge in [0.1, 0.15) is 5.84 Å². The number of methoxy groups -OCH3 is 2. The maximum Gasteiger partial charge on any atom is 0.271 e. The molecule has 0 aromatic heterocycles. The van der Waals surface area contributed by atoms with E-state index in [4.69, 9.17) is 14.7 Å². The van der Waals surface area contributed by atoms with Gasteiger partial charge in [0.15, 0.2) is 11.5 Å². The molecule has 1 aliphatic rings. The van der Waals surface area contributed by atoms with Crippen LogP contribution in [0, 0.1) is 11.3 Å². The second kappa shape index (κ2) is 9.19. The highest BCUT2D eigenvalue weighted by atomic mass is 16.5. The van der Waals surface area contributed by atoms with Gasteiger partial charge in [-0.2, -0.15) is 10.3 Å². The van der Waals surface area contributed by atoms with Gasteiger partial charge in [0.05, 0.1) is 32.4 Å². The van der Waals surface area contributed by atoms with Crippen molar-refractivity contribution in [3.8, 4) is 17.6 Å². The fourth-order valence-electron chi connectivity index (χ4n) is 3.66. The summed E-state index contributed by atoms with van der Waals surface area (Å²) in [6.45, 7) is 0.599. The number of carbonyl (C=O) groups is 1. The van der Waals surface area contributed by atoms with Crippen molar-refractivity contribution in [1.82, 2.24) is 0 Å². The Morgan fingerprint density at radius 2 is 1.81 bits per heavy atom. The van der Waals surface area contributed by atoms with E-state index in [-0.39, 0.29) is 5.91 Å². The highest BCUT2D eigenvalue weighted by Crippen LogP contribution is 2.32. The first kappa shape index (κ1) is 20.9. The summed E-state index contributed by atoms with van der Waals surface area (Å²) in [7, 11) is 3.12. The molecule has 0 atom stereocenters. The van der Waals surface area contributed by atoms with E-state index in [1.807, 2.05) is 53.4 Å². The molecule has 1 aliphatic heterocycles. The van der Waals surface area contributed by atoms with Crippen LogP contribution < -0.4 is 14.4 Å². The number of benzene rings is 3. The lowest BCUT2D eigenvalue weighted by molar-refractivity contribution is -0.113. The third-order valence-corrected chi connectivity index (χ3v) is 5.21. The Hall–Kier alpha value is -4.37. The molecule has 0 fully saturated rings. The van der Waals surface area contributed by atoms with Crippen molar-refractivity contribution in [2.75, 3.05) is 19.1 Å². The minimum absolute atomic E-state index is 0.389. The number of para-hydroxylation sites is 1. The second-order valence-corrected chi connectivity index (χ2v) is 7.09. The molecule has 0 bridgehead atoms. The predicted octanol–water partition coefficient (Wildman–Crippen LogP) is 4.58. The number of hydrogen-bond donors (Lipinski definition) is 0. The fraction of sp³-hybridized carbons (Fsp3) is 0.115. The zero-order chi connectivity index (χ0) is 22.5. The van der Waals surface area contributed by atoms with E-state index in [9.17, 15) is 4.79 Å². The van der Waals surface area contributed by atoms with Gasteiger partial charge in [-0.25, -0.2) is 0 Å². The summed E-state index contributed by atoms with van der Waals surface area (Å²) in [6.07, 6.45) is 3.09. The molecule has 0 saturated heterocycles. The van der Waals surface area contributed by atoms with Crippen molar-refractivity contribution < 1.29 is 14.3 Å². The molecule has 6 nitrogen and oxygen atoms in total. The number of rotatable bonds is 5. The number of nitriles is 1. The van der Waals surface area contributed by atoms with Gasteiger partial charge in [-0.05, 0) is 42.0 Å². The smallest absolute Gasteiger partial charge is 0.271 e. The number of amidine groups is 1. The number of ether oxygens (including phenoxy) is 2. The third-order valence-electron chi connectivity index (χ3n) is 5.21. The first-order chi connectivity index (χ1) is 15.6. The first-order valence-electron chi connectivity index (χ1n) is 10.0. The molecule has 0 radical (unpaired) electrons. The SMILES string of the molecule is COc1cccc(/C=C/C(=O)N=C2c3ccccc3CN2c2ccc(C#N)cc2)c1OC. The molecule has 3 aromatic rings. The van der Waals surface area contributed by atoms with Gasteiger partial charge in [0, 0.05) is 22.9 Å². The predicted molar refractivity (Wildman–Crippen MR) is 124 cm³/mol. The van der Waals surface area contributed by atoms with Crippen LogP contribution in [0.3, 0.4) is 0 Å². The number of nitrogens with zero attached hydrogens (tertiary/aromatic N) is 3. The summed E-state index contributed by atoms with van der Waals surface area (Å²) in [5.74, 6) is 1.33. The molecule has 0 aliphatic carbocycles. The standard InChI is InChI=1S/C26H21N3O3/c1-31-23-9-5-7-19(25(23)32-2)12-15-24(30)28-26-22-8-4-3-6-20(22)17-29(26)21-13-10-18(16-27)11-14-21/h3-15H,17H2,1-2H3/b15-12+,28-26?. The van der Waals surface area contributed by atoms with E-state index in [1.54, 1.807) is 38.5 Å². The van der Waals surface area contributed by atoms with Crippen LogP contribution in [-0.2, 0) is 11.3 Å². The Balaban J connectivity index is 1.67. The number of fused-ring (bicyclic) bond motifs is 1. The van der Waals surface area contributed by atoms with E-state index < -0.39 is 0 Å². The molecule has 6 heteroatoms. The molecule has 0 spiro atoms. The van der Waals surface area contributed by atoms with Gasteiger partial charge in [-0.3, -0.25) is 4.79 Å². The average Bonchev–Trinajstić information content (AvgIpc) is 3.20. The quantitative estimate of drug-likeness (QED) is 0.562. The molecule has 0 saturated carbocycles. The van der Waals surface area contributed by atoms with Crippen molar-refractivity contribution in [2.45, 2.75) is 6.54 Å². The van der Waals surface area contributed by atoms with Crippen LogP contribution in [0.1, 0.15) is 22.3 Å². The van der Waals surface area contributed by atoms with Crippen LogP contribution in [-0.4, -0.2) is 26.0 Å². The molecule has 32 heavy (non-hydrogen) atoms. The Labute approximate surface area is 186 Å². The number of carbonyl (C=O) groups excluding carboxylic acids is 1. The normalized spacial score (nSPS) is 13.8. The van der Waals surface area contributed by atoms with E-state index in [0.29, 0.717) is 29.4 Å². The molecule has 0 unspecified atom stereocenters. The van der Waals surface area contributed by atoms with Crippen molar-refractivity contribution in [3.63, 3.8) is 0 Å². The lowest BCUT2D eigenvalue weighted by Crippen LogP contribution is -2.25. The van der Waals surface area contributed by atoms with Crippen molar-refractivity contribution in [3.05, 3.63) is 95.1 Å². The van der Waals surface area contributed by atoms with Crippen molar-refractivity contribution in [1.29, 1.82) is 5.26 Å². The highest BCUT2D eigenvalue weighted by Gasteiger charge is 2.27. The van der Waals surface area contributed by atoms with Crippen LogP contribution in [0.5, 0.6) is 11.5 Å². The molecular formula is C26H21N3O3. The zero-order valence-corrected chi connectivity index (χ0v) is 17.8. The Morgan fingerprint density at radius 1 is 1.03 bits per heavy atom. The highest BCUT2D eigenvalue weighted by molar-refractivity contribution is 6.18. The second-order valence-electron chi connectivity index (χ2n) is 7.09. The van der Waals surface area contributed by atoms with E-state index >= 15 is 0 Å². The van der Waals surface area contributed by atoms with E-state index in [1.165, 1.54) is 6.08 Å². The Bertz CT molecular complexity index is 1250. The lowest BCUT2D eigenvalue weighted by Gasteiger charge is -2.19. The Kier molecular flexibility index (Phi) is 6.00. The van der Waals surface area contributed by atoms with Crippen molar-refractivity contribution >= 4 is 23.5 Å². The largest absolute Gasteiger partial charge is 0.493 e. The molecule has 158 valence electrons. The number of hydrogen-bond acceptors (Lipinski definition) is 4. The van der Waals surface area contributed by atoms with Gasteiger partial charge < -0.3 is 14.4 Å². The van der Waals surface area contributed by atoms with Crippen LogP contribution in [0.15, 0.2) is 77.8 Å². The maximum absolute atomic E-state index is 12.8. The van der Waals surface area contributed by atoms with Crippen LogP contribution in [0.2, 0.25) is 0 Å². The Morgan fingerprint density at radius 3 is 2.53 bits per heavy atom. The third kappa shape index (κ3) is 4.09. The summed E-state index contributed by atoms with van der Waals surface area (Å²) in [5, 5.41) is 9.07. The van der Waals surface area contributed by atoms with Crippen molar-refractivity contribution in [2.24, 2.45) is 4.99 Å². The summed E-state index contributed by atoms with van der Waals surface area (Å²) in [4.78, 5) is 19.2. The van der Waals surface area contributed by atoms with Crippen LogP contribution in [0.25, 0.3) is 6.08 Å². The fourth-order valence-corrected chi connectivity index (χ4v) is 3.66. The summed E-state index contributed by atoms with van der Waals surface area (Å²) >= 11 is 0. The van der Waals surface area contributed by atoms with Gasteiger partial charge in [-0.1, -0.05) is 36.4 Å².